The molecular formula is C8H11N3O4. The average molecular weight is 213 g/mol. The highest BCUT2D eigenvalue weighted by Crippen LogP contribution is 2.15. The van der Waals surface area contributed by atoms with Gasteiger partial charge in [0.1, 0.15) is 4.92 Å². The van der Waals surface area contributed by atoms with Gasteiger partial charge in [-0.15, -0.1) is 0 Å². The number of nitrogens with zero attached hydrogens (tertiary/aromatic N) is 1. The first-order chi connectivity index (χ1) is 7.00. The minimum atomic E-state index is -0.706. The number of carbonyl (C=O) groups is 1. The molecule has 3 N–H and O–H groups in total. The van der Waals surface area contributed by atoms with E-state index in [0.29, 0.717) is 0 Å². The van der Waals surface area contributed by atoms with Crippen LogP contribution in [0.2, 0.25) is 0 Å². The van der Waals surface area contributed by atoms with Crippen molar-refractivity contribution in [1.29, 1.82) is 0 Å². The molecule has 1 atom stereocenters. The Morgan fingerprint density at radius 3 is 2.87 bits per heavy atom. The predicted molar refractivity (Wildman–Crippen MR) is 51.3 cm³/mol. The standard InChI is InChI=1S/C8H11N3O4/c1-5(9)4-10-8(12)6-2-3-7(15-6)11(13)14/h2-3,5H,4,9H2,1H3,(H,10,12). The van der Waals surface area contributed by atoms with Crippen molar-refractivity contribution >= 4 is 11.8 Å². The number of nitrogens with two attached hydrogens (primary N) is 1. The van der Waals surface area contributed by atoms with Gasteiger partial charge in [-0.05, 0) is 13.0 Å². The van der Waals surface area contributed by atoms with Crippen LogP contribution in [0.5, 0.6) is 0 Å². The van der Waals surface area contributed by atoms with Crippen LogP contribution in [0.3, 0.4) is 0 Å². The average Bonchev–Trinajstić information content (AvgIpc) is 2.62. The molecule has 0 aliphatic rings. The lowest BCUT2D eigenvalue weighted by Gasteiger charge is -2.04. The second kappa shape index (κ2) is 4.56. The number of carbonyl (C=O) groups excluding carboxylic acids is 1. The Labute approximate surface area is 85.4 Å². The van der Waals surface area contributed by atoms with Gasteiger partial charge in [0.15, 0.2) is 5.76 Å². The lowest BCUT2D eigenvalue weighted by Crippen LogP contribution is -2.34. The summed E-state index contributed by atoms with van der Waals surface area (Å²) in [4.78, 5) is 20.9. The molecule has 1 amide bonds. The van der Waals surface area contributed by atoms with Crippen LogP contribution >= 0.6 is 0 Å². The third-order valence-corrected chi connectivity index (χ3v) is 1.58. The van der Waals surface area contributed by atoms with E-state index in [1.807, 2.05) is 0 Å². The van der Waals surface area contributed by atoms with E-state index < -0.39 is 16.7 Å². The molecule has 0 aliphatic carbocycles. The minimum absolute atomic E-state index is 0.0950. The van der Waals surface area contributed by atoms with E-state index in [2.05, 4.69) is 9.73 Å². The lowest BCUT2D eigenvalue weighted by molar-refractivity contribution is -0.402. The van der Waals surface area contributed by atoms with E-state index in [4.69, 9.17) is 5.73 Å². The van der Waals surface area contributed by atoms with Crippen LogP contribution in [0.4, 0.5) is 5.88 Å². The molecule has 15 heavy (non-hydrogen) atoms. The summed E-state index contributed by atoms with van der Waals surface area (Å²) in [5.41, 5.74) is 5.42. The number of nitrogens with one attached hydrogen (secondary N) is 1. The minimum Gasteiger partial charge on any atom is -0.395 e. The Bertz CT molecular complexity index is 372. The molecule has 0 aromatic carbocycles. The van der Waals surface area contributed by atoms with Gasteiger partial charge in [0, 0.05) is 12.6 Å². The van der Waals surface area contributed by atoms with Gasteiger partial charge in [-0.1, -0.05) is 0 Å². The quantitative estimate of drug-likeness (QED) is 0.550. The van der Waals surface area contributed by atoms with Crippen LogP contribution in [0.1, 0.15) is 17.5 Å². The van der Waals surface area contributed by atoms with Crippen LogP contribution in [0, 0.1) is 10.1 Å². The van der Waals surface area contributed by atoms with Crippen LogP contribution < -0.4 is 11.1 Å². The Kier molecular flexibility index (Phi) is 3.40. The fourth-order valence-corrected chi connectivity index (χ4v) is 0.889. The summed E-state index contributed by atoms with van der Waals surface area (Å²) in [5, 5.41) is 12.7. The lowest BCUT2D eigenvalue weighted by atomic mass is 10.3. The van der Waals surface area contributed by atoms with Gasteiger partial charge >= 0.3 is 5.88 Å². The van der Waals surface area contributed by atoms with Gasteiger partial charge < -0.3 is 15.5 Å². The molecule has 1 rings (SSSR count). The van der Waals surface area contributed by atoms with Gasteiger partial charge in [-0.3, -0.25) is 14.9 Å². The zero-order valence-electron chi connectivity index (χ0n) is 8.10. The van der Waals surface area contributed by atoms with Crippen LogP contribution in [0.15, 0.2) is 16.5 Å². The Balaban J connectivity index is 2.62. The third kappa shape index (κ3) is 3.06. The summed E-state index contributed by atoms with van der Waals surface area (Å²) in [6, 6.07) is 2.19. The summed E-state index contributed by atoms with van der Waals surface area (Å²) in [6.07, 6.45) is 0. The largest absolute Gasteiger partial charge is 0.433 e. The number of rotatable bonds is 4. The van der Waals surface area contributed by atoms with Gasteiger partial charge in [0.25, 0.3) is 5.91 Å². The second-order valence-corrected chi connectivity index (χ2v) is 3.08. The molecule has 1 unspecified atom stereocenters. The first-order valence-corrected chi connectivity index (χ1v) is 4.28. The first-order valence-electron chi connectivity index (χ1n) is 4.28. The molecule has 0 saturated heterocycles. The highest BCUT2D eigenvalue weighted by atomic mass is 16.6. The molecule has 7 heteroatoms. The van der Waals surface area contributed by atoms with Crippen molar-refractivity contribution < 1.29 is 14.1 Å². The van der Waals surface area contributed by atoms with Crippen molar-refractivity contribution in [2.24, 2.45) is 5.73 Å². The maximum absolute atomic E-state index is 11.3. The maximum Gasteiger partial charge on any atom is 0.433 e. The number of nitro groups is 1. The zero-order valence-corrected chi connectivity index (χ0v) is 8.10. The van der Waals surface area contributed by atoms with Crippen molar-refractivity contribution in [3.63, 3.8) is 0 Å². The van der Waals surface area contributed by atoms with Gasteiger partial charge in [0.05, 0.1) is 6.07 Å². The van der Waals surface area contributed by atoms with E-state index in [0.717, 1.165) is 6.07 Å². The summed E-state index contributed by atoms with van der Waals surface area (Å²) in [6.45, 7) is 2.01. The van der Waals surface area contributed by atoms with E-state index in [9.17, 15) is 14.9 Å². The normalized spacial score (nSPS) is 12.1. The Morgan fingerprint density at radius 2 is 2.40 bits per heavy atom. The SMILES string of the molecule is CC(N)CNC(=O)c1ccc([N+](=O)[O-])o1. The van der Waals surface area contributed by atoms with Gasteiger partial charge in [0.2, 0.25) is 0 Å². The zero-order chi connectivity index (χ0) is 11.4. The Hall–Kier alpha value is -1.89. The molecule has 1 aromatic rings. The molecule has 82 valence electrons. The first kappa shape index (κ1) is 11.2. The molecule has 0 saturated carbocycles. The number of amides is 1. The van der Waals surface area contributed by atoms with E-state index >= 15 is 0 Å². The Morgan fingerprint density at radius 1 is 1.73 bits per heavy atom. The van der Waals surface area contributed by atoms with E-state index in [1.54, 1.807) is 6.92 Å². The third-order valence-electron chi connectivity index (χ3n) is 1.58. The molecular weight excluding hydrogens is 202 g/mol. The van der Waals surface area contributed by atoms with Crippen molar-refractivity contribution in [3.8, 4) is 0 Å². The van der Waals surface area contributed by atoms with Crippen molar-refractivity contribution in [1.82, 2.24) is 5.32 Å². The highest BCUT2D eigenvalue weighted by Gasteiger charge is 2.16. The smallest absolute Gasteiger partial charge is 0.395 e. The second-order valence-electron chi connectivity index (χ2n) is 3.08. The van der Waals surface area contributed by atoms with E-state index in [1.165, 1.54) is 6.07 Å². The molecule has 1 heterocycles. The van der Waals surface area contributed by atoms with Crippen molar-refractivity contribution in [3.05, 3.63) is 28.0 Å². The molecule has 7 nitrogen and oxygen atoms in total. The van der Waals surface area contributed by atoms with Crippen molar-refractivity contribution in [2.75, 3.05) is 6.54 Å². The summed E-state index contributed by atoms with van der Waals surface area (Å²) >= 11 is 0. The summed E-state index contributed by atoms with van der Waals surface area (Å²) < 4.78 is 4.69. The monoisotopic (exact) mass is 213 g/mol. The molecule has 0 spiro atoms. The number of hydrogen-bond donors (Lipinski definition) is 2. The van der Waals surface area contributed by atoms with Gasteiger partial charge in [-0.25, -0.2) is 0 Å². The topological polar surface area (TPSA) is 111 Å². The van der Waals surface area contributed by atoms with Crippen LogP contribution in [0.25, 0.3) is 0 Å². The molecule has 0 aliphatic heterocycles. The van der Waals surface area contributed by atoms with Crippen LogP contribution in [-0.4, -0.2) is 23.4 Å². The fraction of sp³-hybridized carbons (Fsp3) is 0.375. The van der Waals surface area contributed by atoms with E-state index in [-0.39, 0.29) is 18.3 Å². The number of hydrogen-bond acceptors (Lipinski definition) is 5. The molecule has 1 aromatic heterocycles. The number of furan rings is 1. The molecule has 0 bridgehead atoms. The molecule has 0 fully saturated rings. The fourth-order valence-electron chi connectivity index (χ4n) is 0.889. The van der Waals surface area contributed by atoms with Crippen LogP contribution in [-0.2, 0) is 0 Å². The predicted octanol–water partition coefficient (Wildman–Crippen LogP) is 0.265. The molecule has 0 radical (unpaired) electrons. The summed E-state index contributed by atoms with van der Waals surface area (Å²) in [7, 11) is 0. The van der Waals surface area contributed by atoms with Gasteiger partial charge in [-0.2, -0.15) is 0 Å². The maximum atomic E-state index is 11.3. The summed E-state index contributed by atoms with van der Waals surface area (Å²) in [5.74, 6) is -1.07. The van der Waals surface area contributed by atoms with Crippen molar-refractivity contribution in [2.45, 2.75) is 13.0 Å². The highest BCUT2D eigenvalue weighted by molar-refractivity contribution is 5.91.